The van der Waals surface area contributed by atoms with Gasteiger partial charge in [-0.15, -0.1) is 0 Å². The van der Waals surface area contributed by atoms with Gasteiger partial charge in [-0.25, -0.2) is 8.42 Å². The first-order valence-electron chi connectivity index (χ1n) is 7.39. The summed E-state index contributed by atoms with van der Waals surface area (Å²) >= 11 is 0. The van der Waals surface area contributed by atoms with Crippen LogP contribution in [0.4, 0.5) is 0 Å². The van der Waals surface area contributed by atoms with Crippen molar-refractivity contribution < 1.29 is 8.42 Å². The SMILES string of the molecule is O=S1(=O)NC(c2ccccc2)(c2ccccc2)c2ccccc21. The molecule has 1 N–H and O–H groups in total. The highest BCUT2D eigenvalue weighted by molar-refractivity contribution is 7.90. The highest BCUT2D eigenvalue weighted by atomic mass is 32.2. The summed E-state index contributed by atoms with van der Waals surface area (Å²) in [5.41, 5.74) is 1.68. The quantitative estimate of drug-likeness (QED) is 0.787. The van der Waals surface area contributed by atoms with E-state index in [2.05, 4.69) is 4.72 Å². The molecule has 0 radical (unpaired) electrons. The maximum Gasteiger partial charge on any atom is 0.242 e. The lowest BCUT2D eigenvalue weighted by atomic mass is 9.78. The zero-order valence-electron chi connectivity index (χ0n) is 12.3. The predicted octanol–water partition coefficient (Wildman–Crippen LogP) is 3.27. The zero-order valence-corrected chi connectivity index (χ0v) is 13.1. The van der Waals surface area contributed by atoms with Gasteiger partial charge in [-0.3, -0.25) is 0 Å². The van der Waals surface area contributed by atoms with Gasteiger partial charge in [0.1, 0.15) is 5.54 Å². The lowest BCUT2D eigenvalue weighted by Crippen LogP contribution is -2.41. The highest BCUT2D eigenvalue weighted by Gasteiger charge is 2.48. The molecule has 0 saturated carbocycles. The van der Waals surface area contributed by atoms with Crippen LogP contribution in [0.1, 0.15) is 16.7 Å². The maximum atomic E-state index is 12.7. The summed E-state index contributed by atoms with van der Waals surface area (Å²) in [5, 5.41) is 0. The molecule has 4 rings (SSSR count). The van der Waals surface area contributed by atoms with Gasteiger partial charge in [0, 0.05) is 5.56 Å². The van der Waals surface area contributed by atoms with Gasteiger partial charge >= 0.3 is 0 Å². The molecule has 3 nitrogen and oxygen atoms in total. The highest BCUT2D eigenvalue weighted by Crippen LogP contribution is 2.45. The van der Waals surface area contributed by atoms with Crippen molar-refractivity contribution >= 4 is 10.0 Å². The Balaban J connectivity index is 2.12. The fraction of sp³-hybridized carbons (Fsp3) is 0.0526. The maximum absolute atomic E-state index is 12.7. The second-order valence-corrected chi connectivity index (χ2v) is 7.23. The van der Waals surface area contributed by atoms with E-state index in [0.29, 0.717) is 4.90 Å². The molecule has 1 aliphatic heterocycles. The van der Waals surface area contributed by atoms with Crippen LogP contribution in [0.15, 0.2) is 89.8 Å². The molecule has 0 aromatic heterocycles. The summed E-state index contributed by atoms with van der Waals surface area (Å²) in [6.07, 6.45) is 0. The third-order valence-corrected chi connectivity index (χ3v) is 5.79. The van der Waals surface area contributed by atoms with Gasteiger partial charge in [0.25, 0.3) is 0 Å². The van der Waals surface area contributed by atoms with Crippen LogP contribution >= 0.6 is 0 Å². The van der Waals surface area contributed by atoms with Crippen LogP contribution in [0.25, 0.3) is 0 Å². The number of sulfonamides is 1. The lowest BCUT2D eigenvalue weighted by Gasteiger charge is -2.31. The molecule has 3 aromatic carbocycles. The summed E-state index contributed by atoms with van der Waals surface area (Å²) in [5.74, 6) is 0. The third-order valence-electron chi connectivity index (χ3n) is 4.28. The van der Waals surface area contributed by atoms with Crippen LogP contribution in [0.5, 0.6) is 0 Å². The number of fused-ring (bicyclic) bond motifs is 1. The van der Waals surface area contributed by atoms with Crippen LogP contribution < -0.4 is 4.72 Å². The summed E-state index contributed by atoms with van der Waals surface area (Å²) in [6.45, 7) is 0. The second kappa shape index (κ2) is 5.05. The third kappa shape index (κ3) is 2.03. The Bertz CT molecular complexity index is 911. The van der Waals surface area contributed by atoms with Crippen molar-refractivity contribution in [3.05, 3.63) is 102 Å². The Hall–Kier alpha value is -2.43. The predicted molar refractivity (Wildman–Crippen MR) is 89.5 cm³/mol. The Labute approximate surface area is 135 Å². The molecule has 0 bridgehead atoms. The van der Waals surface area contributed by atoms with E-state index in [-0.39, 0.29) is 0 Å². The minimum absolute atomic E-state index is 0.340. The van der Waals surface area contributed by atoms with Crippen LogP contribution in [0, 0.1) is 0 Å². The van der Waals surface area contributed by atoms with Gasteiger partial charge < -0.3 is 0 Å². The molecule has 0 unspecified atom stereocenters. The summed E-state index contributed by atoms with van der Waals surface area (Å²) < 4.78 is 28.3. The van der Waals surface area contributed by atoms with Gasteiger partial charge in [0.15, 0.2) is 0 Å². The standard InChI is InChI=1S/C19H15NO2S/c21-23(22)18-14-8-7-13-17(18)19(20-23,15-9-3-1-4-10-15)16-11-5-2-6-12-16/h1-14,20H. The normalized spacial score (nSPS) is 17.6. The molecule has 0 atom stereocenters. The monoisotopic (exact) mass is 321 g/mol. The van der Waals surface area contributed by atoms with Gasteiger partial charge in [0.2, 0.25) is 10.0 Å². The zero-order chi connectivity index (χ0) is 15.9. The Kier molecular flexibility index (Phi) is 3.11. The van der Waals surface area contributed by atoms with E-state index in [1.54, 1.807) is 12.1 Å². The molecule has 0 aliphatic carbocycles. The minimum Gasteiger partial charge on any atom is -0.207 e. The van der Waals surface area contributed by atoms with Crippen molar-refractivity contribution in [2.75, 3.05) is 0 Å². The molecular formula is C19H15NO2S. The van der Waals surface area contributed by atoms with E-state index < -0.39 is 15.6 Å². The number of benzene rings is 3. The smallest absolute Gasteiger partial charge is 0.207 e. The molecule has 3 aromatic rings. The van der Waals surface area contributed by atoms with Gasteiger partial charge in [-0.2, -0.15) is 4.72 Å². The molecule has 1 heterocycles. The average Bonchev–Trinajstić information content (AvgIpc) is 2.86. The molecule has 0 fully saturated rings. The second-order valence-electron chi connectivity index (χ2n) is 5.58. The van der Waals surface area contributed by atoms with E-state index in [1.807, 2.05) is 72.8 Å². The Morgan fingerprint density at radius 2 is 1.13 bits per heavy atom. The topological polar surface area (TPSA) is 46.2 Å². The lowest BCUT2D eigenvalue weighted by molar-refractivity contribution is 0.552. The summed E-state index contributed by atoms with van der Waals surface area (Å²) in [7, 11) is -3.56. The van der Waals surface area contributed by atoms with E-state index in [1.165, 1.54) is 0 Å². The van der Waals surface area contributed by atoms with Gasteiger partial charge in [0.05, 0.1) is 4.90 Å². The largest absolute Gasteiger partial charge is 0.242 e. The molecule has 114 valence electrons. The number of hydrogen-bond donors (Lipinski definition) is 1. The van der Waals surface area contributed by atoms with Crippen LogP contribution in [-0.2, 0) is 15.6 Å². The fourth-order valence-electron chi connectivity index (χ4n) is 3.29. The first-order chi connectivity index (χ1) is 11.1. The molecule has 0 saturated heterocycles. The van der Waals surface area contributed by atoms with Gasteiger partial charge in [-0.1, -0.05) is 78.9 Å². The molecule has 4 heteroatoms. The van der Waals surface area contributed by atoms with Crippen molar-refractivity contribution in [3.63, 3.8) is 0 Å². The van der Waals surface area contributed by atoms with Crippen molar-refractivity contribution in [3.8, 4) is 0 Å². The van der Waals surface area contributed by atoms with E-state index in [4.69, 9.17) is 0 Å². The van der Waals surface area contributed by atoms with Crippen LogP contribution in [0.2, 0.25) is 0 Å². The van der Waals surface area contributed by atoms with Crippen molar-refractivity contribution in [1.82, 2.24) is 4.72 Å². The minimum atomic E-state index is -3.56. The molecular weight excluding hydrogens is 306 g/mol. The fourth-order valence-corrected chi connectivity index (χ4v) is 4.92. The summed E-state index contributed by atoms with van der Waals surface area (Å²) in [6, 6.07) is 26.6. The van der Waals surface area contributed by atoms with Gasteiger partial charge in [-0.05, 0) is 17.2 Å². The Morgan fingerprint density at radius 3 is 1.70 bits per heavy atom. The Morgan fingerprint density at radius 1 is 0.652 bits per heavy atom. The molecule has 0 amide bonds. The number of nitrogens with one attached hydrogen (secondary N) is 1. The first kappa shape index (κ1) is 14.2. The molecule has 1 aliphatic rings. The first-order valence-corrected chi connectivity index (χ1v) is 8.87. The van der Waals surface area contributed by atoms with Crippen molar-refractivity contribution in [2.45, 2.75) is 10.4 Å². The van der Waals surface area contributed by atoms with E-state index >= 15 is 0 Å². The summed E-state index contributed by atoms with van der Waals surface area (Å²) in [4.78, 5) is 0.340. The van der Waals surface area contributed by atoms with Crippen molar-refractivity contribution in [2.24, 2.45) is 0 Å². The van der Waals surface area contributed by atoms with Crippen molar-refractivity contribution in [1.29, 1.82) is 0 Å². The van der Waals surface area contributed by atoms with E-state index in [9.17, 15) is 8.42 Å². The number of hydrogen-bond acceptors (Lipinski definition) is 2. The van der Waals surface area contributed by atoms with Crippen LogP contribution in [-0.4, -0.2) is 8.42 Å². The van der Waals surface area contributed by atoms with E-state index in [0.717, 1.165) is 16.7 Å². The molecule has 0 spiro atoms. The average molecular weight is 321 g/mol. The van der Waals surface area contributed by atoms with Crippen LogP contribution in [0.3, 0.4) is 0 Å². The molecule has 23 heavy (non-hydrogen) atoms. The number of rotatable bonds is 2.